The summed E-state index contributed by atoms with van der Waals surface area (Å²) in [7, 11) is 0. The van der Waals surface area contributed by atoms with Crippen molar-refractivity contribution < 1.29 is 19.5 Å². The number of ketones is 1. The lowest BCUT2D eigenvalue weighted by molar-refractivity contribution is 0.0911. The Morgan fingerprint density at radius 1 is 1.38 bits per heavy atom. The first-order chi connectivity index (χ1) is 12.4. The van der Waals surface area contributed by atoms with Gasteiger partial charge in [-0.3, -0.25) is 9.59 Å². The smallest absolute Gasteiger partial charge is 0.404 e. The van der Waals surface area contributed by atoms with Crippen LogP contribution >= 0.6 is 22.6 Å². The van der Waals surface area contributed by atoms with Crippen LogP contribution in [0, 0.1) is 3.70 Å². The van der Waals surface area contributed by atoms with Crippen molar-refractivity contribution in [3.8, 4) is 11.1 Å². The zero-order chi connectivity index (χ0) is 18.8. The van der Waals surface area contributed by atoms with Gasteiger partial charge in [0.05, 0.1) is 9.74 Å². The Bertz CT molecular complexity index is 891. The first-order valence-electron chi connectivity index (χ1n) is 8.15. The first-order valence-corrected chi connectivity index (χ1v) is 9.23. The number of rotatable bonds is 5. The number of hydrogen-bond acceptors (Lipinski definition) is 3. The van der Waals surface area contributed by atoms with Crippen LogP contribution < -0.4 is 10.6 Å². The summed E-state index contributed by atoms with van der Waals surface area (Å²) in [5, 5.41) is 14.0. The van der Waals surface area contributed by atoms with E-state index in [1.807, 2.05) is 28.8 Å². The fraction of sp³-hybridized carbons (Fsp3) is 0.278. The minimum atomic E-state index is -1.06. The van der Waals surface area contributed by atoms with E-state index in [1.54, 1.807) is 6.07 Å². The summed E-state index contributed by atoms with van der Waals surface area (Å²) in [5.74, 6) is -0.166. The molecule has 0 radical (unpaired) electrons. The van der Waals surface area contributed by atoms with E-state index in [4.69, 9.17) is 5.11 Å². The molecule has 1 aliphatic rings. The Labute approximate surface area is 163 Å². The highest BCUT2D eigenvalue weighted by Gasteiger charge is 2.29. The Morgan fingerprint density at radius 3 is 2.85 bits per heavy atom. The predicted octanol–water partition coefficient (Wildman–Crippen LogP) is 2.90. The Balaban J connectivity index is 1.98. The van der Waals surface area contributed by atoms with Gasteiger partial charge >= 0.3 is 6.09 Å². The second-order valence-corrected chi connectivity index (χ2v) is 7.15. The SMILES string of the molecule is CC(=O)c1cccc(-c2cc3n(c2I)C(CCNC(=O)O)CNC3=O)c1. The lowest BCUT2D eigenvalue weighted by Crippen LogP contribution is -2.40. The van der Waals surface area contributed by atoms with Gasteiger partial charge in [0.25, 0.3) is 5.91 Å². The molecule has 1 aromatic heterocycles. The van der Waals surface area contributed by atoms with E-state index in [0.29, 0.717) is 30.8 Å². The number of carboxylic acid groups (broad SMARTS) is 1. The number of halogens is 1. The molecule has 0 saturated heterocycles. The van der Waals surface area contributed by atoms with E-state index in [9.17, 15) is 14.4 Å². The molecule has 0 aliphatic carbocycles. The van der Waals surface area contributed by atoms with Crippen molar-refractivity contribution in [2.75, 3.05) is 13.1 Å². The summed E-state index contributed by atoms with van der Waals surface area (Å²) in [5.41, 5.74) is 2.93. The summed E-state index contributed by atoms with van der Waals surface area (Å²) in [6, 6.07) is 9.12. The minimum absolute atomic E-state index is 0.0128. The molecule has 1 aliphatic heterocycles. The molecule has 2 amide bonds. The maximum absolute atomic E-state index is 12.3. The summed E-state index contributed by atoms with van der Waals surface area (Å²) in [6.07, 6.45) is -0.494. The third kappa shape index (κ3) is 3.59. The van der Waals surface area contributed by atoms with Crippen molar-refractivity contribution in [1.29, 1.82) is 0 Å². The van der Waals surface area contributed by atoms with E-state index in [-0.39, 0.29) is 17.7 Å². The maximum Gasteiger partial charge on any atom is 0.404 e. The van der Waals surface area contributed by atoms with Crippen LogP contribution in [0.3, 0.4) is 0 Å². The van der Waals surface area contributed by atoms with Crippen molar-refractivity contribution in [1.82, 2.24) is 15.2 Å². The molecule has 0 saturated carbocycles. The lowest BCUT2D eigenvalue weighted by Gasteiger charge is -2.27. The van der Waals surface area contributed by atoms with Gasteiger partial charge in [-0.05, 0) is 53.6 Å². The van der Waals surface area contributed by atoms with Crippen molar-refractivity contribution in [2.45, 2.75) is 19.4 Å². The summed E-state index contributed by atoms with van der Waals surface area (Å²) >= 11 is 2.20. The molecule has 3 N–H and O–H groups in total. The van der Waals surface area contributed by atoms with Gasteiger partial charge in [-0.1, -0.05) is 18.2 Å². The van der Waals surface area contributed by atoms with Crippen LogP contribution in [0.4, 0.5) is 4.79 Å². The van der Waals surface area contributed by atoms with Crippen molar-refractivity contribution in [3.05, 3.63) is 45.3 Å². The average Bonchev–Trinajstić information content (AvgIpc) is 2.95. The van der Waals surface area contributed by atoms with Crippen LogP contribution in [0.5, 0.6) is 0 Å². The second kappa shape index (κ2) is 7.48. The van der Waals surface area contributed by atoms with Gasteiger partial charge in [-0.15, -0.1) is 0 Å². The van der Waals surface area contributed by atoms with Crippen molar-refractivity contribution in [3.63, 3.8) is 0 Å². The van der Waals surface area contributed by atoms with Crippen LogP contribution in [-0.4, -0.2) is 40.5 Å². The molecular formula is C18H18IN3O4. The Kier molecular flexibility index (Phi) is 5.30. The molecule has 0 fully saturated rings. The van der Waals surface area contributed by atoms with Crippen LogP contribution in [0.1, 0.15) is 40.2 Å². The van der Waals surface area contributed by atoms with E-state index in [2.05, 4.69) is 33.2 Å². The highest BCUT2D eigenvalue weighted by molar-refractivity contribution is 14.1. The monoisotopic (exact) mass is 467 g/mol. The summed E-state index contributed by atoms with van der Waals surface area (Å²) in [6.45, 7) is 2.28. The third-order valence-corrected chi connectivity index (χ3v) is 5.51. The van der Waals surface area contributed by atoms with Gasteiger partial charge in [0.2, 0.25) is 0 Å². The number of amides is 2. The number of carbonyl (C=O) groups is 3. The first kappa shape index (κ1) is 18.4. The molecule has 1 atom stereocenters. The van der Waals surface area contributed by atoms with Crippen molar-refractivity contribution >= 4 is 40.4 Å². The van der Waals surface area contributed by atoms with Gasteiger partial charge in [0.1, 0.15) is 5.69 Å². The largest absolute Gasteiger partial charge is 0.465 e. The molecule has 1 aromatic carbocycles. The number of hydrogen-bond donors (Lipinski definition) is 3. The third-order valence-electron chi connectivity index (χ3n) is 4.40. The number of benzene rings is 1. The van der Waals surface area contributed by atoms with Gasteiger partial charge in [-0.2, -0.15) is 0 Å². The fourth-order valence-corrected chi connectivity index (χ4v) is 4.23. The number of fused-ring (bicyclic) bond motifs is 1. The number of aromatic nitrogens is 1. The number of nitrogens with one attached hydrogen (secondary N) is 2. The molecule has 2 aromatic rings. The topological polar surface area (TPSA) is 100 Å². The van der Waals surface area contributed by atoms with E-state index < -0.39 is 6.09 Å². The summed E-state index contributed by atoms with van der Waals surface area (Å²) in [4.78, 5) is 34.6. The molecule has 26 heavy (non-hydrogen) atoms. The number of carbonyl (C=O) groups excluding carboxylic acids is 2. The van der Waals surface area contributed by atoms with Gasteiger partial charge in [-0.25, -0.2) is 4.79 Å². The number of nitrogens with zero attached hydrogens (tertiary/aromatic N) is 1. The zero-order valence-corrected chi connectivity index (χ0v) is 16.2. The van der Waals surface area contributed by atoms with E-state index in [0.717, 1.165) is 14.8 Å². The molecular weight excluding hydrogens is 449 g/mol. The van der Waals surface area contributed by atoms with Crippen LogP contribution in [0.25, 0.3) is 11.1 Å². The van der Waals surface area contributed by atoms with Crippen molar-refractivity contribution in [2.24, 2.45) is 0 Å². The standard InChI is InChI=1S/C18H18IN3O4/c1-10(23)11-3-2-4-12(7-11)14-8-15-17(24)21-9-13(22(15)16(14)19)5-6-20-18(25)26/h2-4,7-8,13,20H,5-6,9H2,1H3,(H,21,24)(H,25,26). The van der Waals surface area contributed by atoms with Crippen LogP contribution in [-0.2, 0) is 0 Å². The van der Waals surface area contributed by atoms with Gasteiger partial charge in [0, 0.05) is 24.2 Å². The van der Waals surface area contributed by atoms with Gasteiger partial charge < -0.3 is 20.3 Å². The quantitative estimate of drug-likeness (QED) is 0.465. The molecule has 0 spiro atoms. The average molecular weight is 467 g/mol. The van der Waals surface area contributed by atoms with E-state index in [1.165, 1.54) is 6.92 Å². The Hall–Kier alpha value is -2.36. The molecule has 2 heterocycles. The molecule has 3 rings (SSSR count). The molecule has 1 unspecified atom stereocenters. The zero-order valence-electron chi connectivity index (χ0n) is 14.1. The summed E-state index contributed by atoms with van der Waals surface area (Å²) < 4.78 is 2.85. The fourth-order valence-electron chi connectivity index (χ4n) is 3.11. The molecule has 136 valence electrons. The highest BCUT2D eigenvalue weighted by atomic mass is 127. The molecule has 7 nitrogen and oxygen atoms in total. The maximum atomic E-state index is 12.3. The van der Waals surface area contributed by atoms with E-state index >= 15 is 0 Å². The van der Waals surface area contributed by atoms with Crippen LogP contribution in [0.15, 0.2) is 30.3 Å². The molecule has 8 heteroatoms. The van der Waals surface area contributed by atoms with Crippen LogP contribution in [0.2, 0.25) is 0 Å². The normalized spacial score (nSPS) is 15.9. The predicted molar refractivity (Wildman–Crippen MR) is 105 cm³/mol. The lowest BCUT2D eigenvalue weighted by atomic mass is 10.0. The Morgan fingerprint density at radius 2 is 2.15 bits per heavy atom. The number of Topliss-reactive ketones (excluding diaryl/α,β-unsaturated/α-hetero) is 1. The second-order valence-electron chi connectivity index (χ2n) is 6.13. The molecule has 0 bridgehead atoms. The highest BCUT2D eigenvalue weighted by Crippen LogP contribution is 2.34. The van der Waals surface area contributed by atoms with Gasteiger partial charge in [0.15, 0.2) is 5.78 Å². The minimum Gasteiger partial charge on any atom is -0.465 e.